The molecular formula is C28H29N5O4. The Balaban J connectivity index is 1.45. The number of carbonyl (C=O) groups is 2. The maximum absolute atomic E-state index is 12.6. The molecule has 1 unspecified atom stereocenters. The Kier molecular flexibility index (Phi) is 8.11. The lowest BCUT2D eigenvalue weighted by Gasteiger charge is -2.29. The molecule has 1 saturated carbocycles. The van der Waals surface area contributed by atoms with Crippen LogP contribution in [0, 0.1) is 17.2 Å². The Labute approximate surface area is 215 Å². The van der Waals surface area contributed by atoms with Crippen LogP contribution in [0.3, 0.4) is 0 Å². The molecule has 2 aromatic heterocycles. The van der Waals surface area contributed by atoms with Crippen LogP contribution >= 0.6 is 0 Å². The molecular weight excluding hydrogens is 470 g/mol. The summed E-state index contributed by atoms with van der Waals surface area (Å²) in [4.78, 5) is 35.3. The van der Waals surface area contributed by atoms with Crippen molar-refractivity contribution in [1.29, 1.82) is 5.26 Å². The number of ether oxygens (including phenoxy) is 1. The summed E-state index contributed by atoms with van der Waals surface area (Å²) in [5.41, 5.74) is 4.10. The zero-order valence-electron chi connectivity index (χ0n) is 20.8. The number of aliphatic hydroxyl groups excluding tert-OH is 1. The van der Waals surface area contributed by atoms with Gasteiger partial charge >= 0.3 is 5.97 Å². The van der Waals surface area contributed by atoms with Crippen LogP contribution in [-0.2, 0) is 16.0 Å². The molecule has 0 aliphatic heterocycles. The number of anilines is 2. The summed E-state index contributed by atoms with van der Waals surface area (Å²) in [5, 5.41) is 22.0. The zero-order chi connectivity index (χ0) is 26.4. The lowest BCUT2D eigenvalue weighted by atomic mass is 10.0. The molecule has 1 aliphatic rings. The number of esters is 1. The van der Waals surface area contributed by atoms with Gasteiger partial charge in [-0.3, -0.25) is 9.78 Å². The van der Waals surface area contributed by atoms with E-state index in [1.54, 1.807) is 49.6 Å². The van der Waals surface area contributed by atoms with Gasteiger partial charge in [0.2, 0.25) is 5.91 Å². The van der Waals surface area contributed by atoms with E-state index in [1.165, 1.54) is 7.11 Å². The second-order valence-electron chi connectivity index (χ2n) is 9.09. The third kappa shape index (κ3) is 6.68. The van der Waals surface area contributed by atoms with Crippen LogP contribution in [0.2, 0.25) is 0 Å². The van der Waals surface area contributed by atoms with Crippen molar-refractivity contribution in [2.45, 2.75) is 38.8 Å². The lowest BCUT2D eigenvalue weighted by molar-refractivity contribution is -0.116. The summed E-state index contributed by atoms with van der Waals surface area (Å²) < 4.78 is 5.01. The molecule has 4 rings (SSSR count). The van der Waals surface area contributed by atoms with E-state index in [2.05, 4.69) is 15.3 Å². The minimum absolute atomic E-state index is 0.162. The first kappa shape index (κ1) is 25.8. The number of aliphatic hydroxyl groups is 1. The van der Waals surface area contributed by atoms with Crippen LogP contribution in [0.4, 0.5) is 11.4 Å². The number of pyridine rings is 2. The Hall–Kier alpha value is -4.29. The van der Waals surface area contributed by atoms with E-state index in [0.717, 1.165) is 18.4 Å². The minimum Gasteiger partial charge on any atom is -0.465 e. The number of nitriles is 1. The molecule has 1 amide bonds. The van der Waals surface area contributed by atoms with Crippen LogP contribution in [0.1, 0.15) is 47.8 Å². The first-order valence-electron chi connectivity index (χ1n) is 12.2. The molecule has 1 aromatic carbocycles. The highest BCUT2D eigenvalue weighted by atomic mass is 16.5. The van der Waals surface area contributed by atoms with Crippen LogP contribution in [-0.4, -0.2) is 46.8 Å². The van der Waals surface area contributed by atoms with Gasteiger partial charge in [-0.25, -0.2) is 9.78 Å². The van der Waals surface area contributed by atoms with Gasteiger partial charge in [0.15, 0.2) is 0 Å². The second kappa shape index (κ2) is 11.6. The van der Waals surface area contributed by atoms with Gasteiger partial charge in [0.05, 0.1) is 35.9 Å². The van der Waals surface area contributed by atoms with Gasteiger partial charge in [-0.15, -0.1) is 0 Å². The summed E-state index contributed by atoms with van der Waals surface area (Å²) in [6, 6.07) is 14.3. The summed E-state index contributed by atoms with van der Waals surface area (Å²) in [6.07, 6.45) is 5.43. The number of rotatable bonds is 10. The number of nitrogens with zero attached hydrogens (tertiary/aromatic N) is 4. The Morgan fingerprint density at radius 1 is 1.19 bits per heavy atom. The van der Waals surface area contributed by atoms with Gasteiger partial charge in [0, 0.05) is 24.7 Å². The number of carbonyl (C=O) groups excluding carboxylic acids is 2. The zero-order valence-corrected chi connectivity index (χ0v) is 20.8. The van der Waals surface area contributed by atoms with E-state index in [-0.39, 0.29) is 12.3 Å². The second-order valence-corrected chi connectivity index (χ2v) is 9.09. The molecule has 37 heavy (non-hydrogen) atoms. The lowest BCUT2D eigenvalue weighted by Crippen LogP contribution is -2.35. The van der Waals surface area contributed by atoms with Crippen LogP contribution < -0.4 is 10.2 Å². The molecule has 9 nitrogen and oxygen atoms in total. The summed E-state index contributed by atoms with van der Waals surface area (Å²) in [7, 11) is 1.33. The van der Waals surface area contributed by atoms with Gasteiger partial charge in [0.25, 0.3) is 0 Å². The molecule has 1 fully saturated rings. The van der Waals surface area contributed by atoms with E-state index in [1.807, 2.05) is 23.1 Å². The van der Waals surface area contributed by atoms with E-state index in [9.17, 15) is 14.7 Å². The van der Waals surface area contributed by atoms with Crippen molar-refractivity contribution in [1.82, 2.24) is 9.97 Å². The minimum atomic E-state index is -0.746. The van der Waals surface area contributed by atoms with Gasteiger partial charge in [-0.05, 0) is 68.0 Å². The molecule has 0 spiro atoms. The Morgan fingerprint density at radius 2 is 2.00 bits per heavy atom. The molecule has 3 aromatic rings. The summed E-state index contributed by atoms with van der Waals surface area (Å²) >= 11 is 0. The number of hydrogen-bond acceptors (Lipinski definition) is 8. The summed E-state index contributed by atoms with van der Waals surface area (Å²) in [6.45, 7) is 2.36. The number of nitrogens with one attached hydrogen (secondary N) is 1. The highest BCUT2D eigenvalue weighted by Crippen LogP contribution is 2.35. The average molecular weight is 500 g/mol. The molecule has 1 atom stereocenters. The smallest absolute Gasteiger partial charge is 0.339 e. The predicted molar refractivity (Wildman–Crippen MR) is 139 cm³/mol. The average Bonchev–Trinajstić information content (AvgIpc) is 3.75. The normalized spacial score (nSPS) is 13.4. The molecule has 2 heterocycles. The topological polar surface area (TPSA) is 128 Å². The SMILES string of the molecule is COC(=O)c1cc(-c2ccc(NC(=O)CCc3ccc(C#N)nc3)cn2)ccc1N(CC1CC1)C(C)O. The third-order valence-corrected chi connectivity index (χ3v) is 6.24. The van der Waals surface area contributed by atoms with Crippen molar-refractivity contribution in [3.63, 3.8) is 0 Å². The van der Waals surface area contributed by atoms with E-state index < -0.39 is 12.2 Å². The first-order valence-corrected chi connectivity index (χ1v) is 12.2. The number of aromatic nitrogens is 2. The monoisotopic (exact) mass is 499 g/mol. The first-order chi connectivity index (χ1) is 17.9. The Morgan fingerprint density at radius 3 is 2.59 bits per heavy atom. The fraction of sp³-hybridized carbons (Fsp3) is 0.321. The van der Waals surface area contributed by atoms with Crippen molar-refractivity contribution in [3.8, 4) is 17.3 Å². The fourth-order valence-electron chi connectivity index (χ4n) is 4.01. The fourth-order valence-corrected chi connectivity index (χ4v) is 4.01. The number of hydrogen-bond donors (Lipinski definition) is 2. The van der Waals surface area contributed by atoms with Crippen molar-refractivity contribution in [3.05, 3.63) is 71.7 Å². The Bertz CT molecular complexity index is 1300. The van der Waals surface area contributed by atoms with Crippen molar-refractivity contribution < 1.29 is 19.4 Å². The van der Waals surface area contributed by atoms with E-state index >= 15 is 0 Å². The maximum Gasteiger partial charge on any atom is 0.339 e. The number of amides is 1. The molecule has 9 heteroatoms. The highest BCUT2D eigenvalue weighted by Gasteiger charge is 2.29. The van der Waals surface area contributed by atoms with E-state index in [0.29, 0.717) is 52.8 Å². The molecule has 0 bridgehead atoms. The van der Waals surface area contributed by atoms with Gasteiger partial charge in [-0.1, -0.05) is 12.1 Å². The van der Waals surface area contributed by atoms with Crippen LogP contribution in [0.15, 0.2) is 54.9 Å². The maximum atomic E-state index is 12.6. The summed E-state index contributed by atoms with van der Waals surface area (Å²) in [5.74, 6) is -0.130. The van der Waals surface area contributed by atoms with Gasteiger partial charge in [0.1, 0.15) is 18.0 Å². The van der Waals surface area contributed by atoms with Crippen molar-refractivity contribution >= 4 is 23.3 Å². The number of methoxy groups -OCH3 is 1. The van der Waals surface area contributed by atoms with Gasteiger partial charge in [-0.2, -0.15) is 5.26 Å². The van der Waals surface area contributed by atoms with Crippen LogP contribution in [0.5, 0.6) is 0 Å². The molecule has 1 aliphatic carbocycles. The highest BCUT2D eigenvalue weighted by molar-refractivity contribution is 5.97. The van der Waals surface area contributed by atoms with E-state index in [4.69, 9.17) is 10.00 Å². The van der Waals surface area contributed by atoms with Gasteiger partial charge < -0.3 is 20.1 Å². The number of benzene rings is 1. The largest absolute Gasteiger partial charge is 0.465 e. The number of aryl methyl sites for hydroxylation is 1. The van der Waals surface area contributed by atoms with Crippen molar-refractivity contribution in [2.75, 3.05) is 23.9 Å². The quantitative estimate of drug-likeness (QED) is 0.317. The standard InChI is InChI=1S/C28H29N5O4/c1-18(34)33(17-20-3-4-20)26-11-7-21(13-24(26)28(36)37-2)25-10-9-23(16-31-25)32-27(35)12-6-19-5-8-22(14-29)30-15-19/h5,7-11,13,15-16,18,20,34H,3-4,6,12,17H2,1-2H3,(H,32,35). The molecule has 190 valence electrons. The third-order valence-electron chi connectivity index (χ3n) is 6.24. The predicted octanol–water partition coefficient (Wildman–Crippen LogP) is 3.93. The van der Waals surface area contributed by atoms with Crippen LogP contribution in [0.25, 0.3) is 11.3 Å². The van der Waals surface area contributed by atoms with Crippen molar-refractivity contribution in [2.24, 2.45) is 5.92 Å². The molecule has 0 radical (unpaired) electrons. The molecule has 2 N–H and O–H groups in total. The molecule has 0 saturated heterocycles.